The summed E-state index contributed by atoms with van der Waals surface area (Å²) >= 11 is 3.38. The molecular formula is C14H13BrF2N2O. The molecule has 0 spiro atoms. The van der Waals surface area contributed by atoms with Gasteiger partial charge in [-0.05, 0) is 30.2 Å². The molecule has 0 aliphatic carbocycles. The highest BCUT2D eigenvalue weighted by Gasteiger charge is 2.09. The smallest absolute Gasteiger partial charge is 0.167 e. The molecule has 1 N–H and O–H groups in total. The van der Waals surface area contributed by atoms with Crippen molar-refractivity contribution in [3.63, 3.8) is 0 Å². The van der Waals surface area contributed by atoms with E-state index in [0.29, 0.717) is 13.0 Å². The van der Waals surface area contributed by atoms with Gasteiger partial charge in [-0.15, -0.1) is 0 Å². The third-order valence-corrected chi connectivity index (χ3v) is 3.29. The Bertz CT molecular complexity index is 587. The van der Waals surface area contributed by atoms with Crippen LogP contribution in [0.5, 0.6) is 5.75 Å². The lowest BCUT2D eigenvalue weighted by Gasteiger charge is -2.11. The molecule has 0 atom stereocenters. The highest BCUT2D eigenvalue weighted by molar-refractivity contribution is 9.10. The van der Waals surface area contributed by atoms with Crippen LogP contribution in [0, 0.1) is 11.6 Å². The number of pyridine rings is 1. The molecule has 0 saturated carbocycles. The van der Waals surface area contributed by atoms with Gasteiger partial charge in [0.25, 0.3) is 0 Å². The quantitative estimate of drug-likeness (QED) is 0.897. The Labute approximate surface area is 124 Å². The van der Waals surface area contributed by atoms with Crippen molar-refractivity contribution in [3.8, 4) is 5.75 Å². The van der Waals surface area contributed by atoms with Crippen LogP contribution in [-0.4, -0.2) is 18.6 Å². The summed E-state index contributed by atoms with van der Waals surface area (Å²) < 4.78 is 32.9. The van der Waals surface area contributed by atoms with E-state index in [0.717, 1.165) is 28.2 Å². The van der Waals surface area contributed by atoms with Gasteiger partial charge in [-0.3, -0.25) is 4.98 Å². The summed E-state index contributed by atoms with van der Waals surface area (Å²) in [6.07, 6.45) is 2.53. The molecule has 0 amide bonds. The van der Waals surface area contributed by atoms with Gasteiger partial charge in [-0.25, -0.2) is 8.78 Å². The maximum absolute atomic E-state index is 13.4. The number of methoxy groups -OCH3 is 1. The Kier molecular flexibility index (Phi) is 4.89. The van der Waals surface area contributed by atoms with Crippen molar-refractivity contribution in [1.29, 1.82) is 0 Å². The van der Waals surface area contributed by atoms with Crippen LogP contribution in [0.4, 0.5) is 14.5 Å². The molecule has 0 aliphatic rings. The summed E-state index contributed by atoms with van der Waals surface area (Å²) in [4.78, 5) is 3.43. The van der Waals surface area contributed by atoms with E-state index in [4.69, 9.17) is 4.74 Å². The summed E-state index contributed by atoms with van der Waals surface area (Å²) in [6, 6.07) is 5.63. The minimum Gasteiger partial charge on any atom is -0.496 e. The molecule has 2 rings (SSSR count). The molecule has 0 unspecified atom stereocenters. The molecule has 0 fully saturated rings. The monoisotopic (exact) mass is 342 g/mol. The second kappa shape index (κ2) is 6.65. The van der Waals surface area contributed by atoms with Gasteiger partial charge in [-0.1, -0.05) is 15.9 Å². The normalized spacial score (nSPS) is 10.4. The van der Waals surface area contributed by atoms with Crippen LogP contribution in [0.2, 0.25) is 0 Å². The third kappa shape index (κ3) is 3.45. The number of hydrogen-bond acceptors (Lipinski definition) is 3. The molecule has 0 radical (unpaired) electrons. The van der Waals surface area contributed by atoms with Crippen LogP contribution in [0.15, 0.2) is 35.1 Å². The van der Waals surface area contributed by atoms with Crippen LogP contribution < -0.4 is 10.1 Å². The molecule has 0 bridgehead atoms. The van der Waals surface area contributed by atoms with E-state index in [1.165, 1.54) is 0 Å². The van der Waals surface area contributed by atoms with Gasteiger partial charge >= 0.3 is 0 Å². The summed E-state index contributed by atoms with van der Waals surface area (Å²) in [6.45, 7) is 0.380. The van der Waals surface area contributed by atoms with Crippen molar-refractivity contribution in [3.05, 3.63) is 52.3 Å². The minimum atomic E-state index is -0.703. The molecule has 3 nitrogen and oxygen atoms in total. The highest BCUT2D eigenvalue weighted by Crippen LogP contribution is 2.24. The number of nitrogens with one attached hydrogen (secondary N) is 1. The summed E-state index contributed by atoms with van der Waals surface area (Å²) in [7, 11) is 1.59. The first-order valence-electron chi connectivity index (χ1n) is 5.97. The first-order valence-corrected chi connectivity index (χ1v) is 6.76. The number of benzene rings is 1. The van der Waals surface area contributed by atoms with Gasteiger partial charge in [0.1, 0.15) is 11.4 Å². The van der Waals surface area contributed by atoms with Gasteiger partial charge in [0.15, 0.2) is 11.6 Å². The van der Waals surface area contributed by atoms with Crippen LogP contribution in [0.1, 0.15) is 5.56 Å². The van der Waals surface area contributed by atoms with Crippen LogP contribution in [-0.2, 0) is 6.42 Å². The molecule has 20 heavy (non-hydrogen) atoms. The number of halogens is 3. The van der Waals surface area contributed by atoms with Crippen molar-refractivity contribution in [2.45, 2.75) is 6.42 Å². The van der Waals surface area contributed by atoms with Crippen LogP contribution in [0.3, 0.4) is 0 Å². The largest absolute Gasteiger partial charge is 0.496 e. The average Bonchev–Trinajstić information content (AvgIpc) is 2.42. The van der Waals surface area contributed by atoms with E-state index < -0.39 is 11.6 Å². The first kappa shape index (κ1) is 14.7. The fraction of sp³-hybridized carbons (Fsp3) is 0.214. The maximum atomic E-state index is 13.4. The van der Waals surface area contributed by atoms with E-state index in [1.807, 2.05) is 18.2 Å². The zero-order valence-electron chi connectivity index (χ0n) is 10.8. The topological polar surface area (TPSA) is 34.1 Å². The fourth-order valence-electron chi connectivity index (χ4n) is 1.84. The number of hydrogen-bond donors (Lipinski definition) is 1. The predicted molar refractivity (Wildman–Crippen MR) is 77.0 cm³/mol. The third-order valence-electron chi connectivity index (χ3n) is 2.79. The van der Waals surface area contributed by atoms with Gasteiger partial charge in [0.05, 0.1) is 19.5 Å². The molecule has 106 valence electrons. The lowest BCUT2D eigenvalue weighted by atomic mass is 10.1. The van der Waals surface area contributed by atoms with Crippen molar-refractivity contribution in [2.75, 3.05) is 19.0 Å². The Balaban J connectivity index is 2.05. The van der Waals surface area contributed by atoms with Gasteiger partial charge < -0.3 is 10.1 Å². The minimum absolute atomic E-state index is 0.158. The summed E-state index contributed by atoms with van der Waals surface area (Å²) in [5, 5.41) is 2.74. The molecule has 0 saturated heterocycles. The number of nitrogens with zero attached hydrogens (tertiary/aromatic N) is 1. The molecular weight excluding hydrogens is 330 g/mol. The van der Waals surface area contributed by atoms with Gasteiger partial charge in [-0.2, -0.15) is 0 Å². The Morgan fingerprint density at radius 3 is 2.60 bits per heavy atom. The Hall–Kier alpha value is -1.69. The second-order valence-corrected chi connectivity index (χ2v) is 5.03. The zero-order chi connectivity index (χ0) is 14.5. The summed E-state index contributed by atoms with van der Waals surface area (Å²) in [5.41, 5.74) is 0.790. The lowest BCUT2D eigenvalue weighted by molar-refractivity contribution is 0.410. The van der Waals surface area contributed by atoms with Gasteiger partial charge in [0.2, 0.25) is 0 Å². The van der Waals surface area contributed by atoms with E-state index in [1.54, 1.807) is 7.11 Å². The molecule has 1 aromatic carbocycles. The van der Waals surface area contributed by atoms with E-state index in [9.17, 15) is 8.78 Å². The van der Waals surface area contributed by atoms with Crippen LogP contribution >= 0.6 is 15.9 Å². The van der Waals surface area contributed by atoms with E-state index in [-0.39, 0.29) is 5.69 Å². The van der Waals surface area contributed by atoms with Crippen molar-refractivity contribution >= 4 is 21.6 Å². The fourth-order valence-corrected chi connectivity index (χ4v) is 2.25. The molecule has 0 aliphatic heterocycles. The van der Waals surface area contributed by atoms with Crippen LogP contribution in [0.25, 0.3) is 0 Å². The second-order valence-electron chi connectivity index (χ2n) is 4.11. The first-order chi connectivity index (χ1) is 9.61. The zero-order valence-corrected chi connectivity index (χ0v) is 12.4. The average molecular weight is 343 g/mol. The Morgan fingerprint density at radius 1 is 1.25 bits per heavy atom. The van der Waals surface area contributed by atoms with Crippen molar-refractivity contribution in [2.24, 2.45) is 0 Å². The standard InChI is InChI=1S/C14H13BrF2N2O/c1-20-13-3-2-10(15)6-9(13)4-5-19-14-11(16)7-18-8-12(14)17/h2-3,6-8H,4-5H2,1H3,(H,18,19). The number of aromatic nitrogens is 1. The maximum Gasteiger partial charge on any atom is 0.167 e. The predicted octanol–water partition coefficient (Wildman–Crippen LogP) is 3.79. The molecule has 1 aromatic heterocycles. The highest BCUT2D eigenvalue weighted by atomic mass is 79.9. The lowest BCUT2D eigenvalue weighted by Crippen LogP contribution is -2.09. The van der Waals surface area contributed by atoms with Crippen molar-refractivity contribution < 1.29 is 13.5 Å². The number of ether oxygens (including phenoxy) is 1. The number of rotatable bonds is 5. The molecule has 2 aromatic rings. The molecule has 6 heteroatoms. The molecule has 1 heterocycles. The van der Waals surface area contributed by atoms with Gasteiger partial charge in [0, 0.05) is 11.0 Å². The number of anilines is 1. The van der Waals surface area contributed by atoms with E-state index in [2.05, 4.69) is 26.2 Å². The van der Waals surface area contributed by atoms with E-state index >= 15 is 0 Å². The Morgan fingerprint density at radius 2 is 1.95 bits per heavy atom. The van der Waals surface area contributed by atoms with Crippen molar-refractivity contribution in [1.82, 2.24) is 4.98 Å². The summed E-state index contributed by atoms with van der Waals surface area (Å²) in [5.74, 6) is -0.664. The SMILES string of the molecule is COc1ccc(Br)cc1CCNc1c(F)cncc1F.